The van der Waals surface area contributed by atoms with Crippen molar-refractivity contribution in [1.82, 2.24) is 0 Å². The predicted molar refractivity (Wildman–Crippen MR) is 118 cm³/mol. The molecule has 0 spiro atoms. The Kier molecular flexibility index (Phi) is 4.87. The number of benzene rings is 3. The molecule has 1 N–H and O–H groups in total. The van der Waals surface area contributed by atoms with E-state index in [1.54, 1.807) is 0 Å². The SMILES string of the molecule is O=C(CC1CCN(c2ccc3c4c(cccc24)NC3=O)CC1)OCc1ccccc1. The number of nitrogens with one attached hydrogen (secondary N) is 1. The lowest BCUT2D eigenvalue weighted by atomic mass is 9.92. The van der Waals surface area contributed by atoms with Crippen LogP contribution in [-0.2, 0) is 16.1 Å². The van der Waals surface area contributed by atoms with E-state index in [1.165, 1.54) is 0 Å². The van der Waals surface area contributed by atoms with Gasteiger partial charge in [0.05, 0.1) is 0 Å². The van der Waals surface area contributed by atoms with E-state index in [0.717, 1.165) is 59.2 Å². The van der Waals surface area contributed by atoms with Crippen molar-refractivity contribution >= 4 is 34.0 Å². The van der Waals surface area contributed by atoms with Gasteiger partial charge < -0.3 is 15.0 Å². The van der Waals surface area contributed by atoms with E-state index < -0.39 is 0 Å². The van der Waals surface area contributed by atoms with Gasteiger partial charge in [0, 0.05) is 47.2 Å². The van der Waals surface area contributed by atoms with Crippen molar-refractivity contribution in [1.29, 1.82) is 0 Å². The average molecular weight is 400 g/mol. The van der Waals surface area contributed by atoms with Crippen molar-refractivity contribution in [3.05, 3.63) is 71.8 Å². The molecule has 3 aromatic carbocycles. The van der Waals surface area contributed by atoms with Gasteiger partial charge in [0.25, 0.3) is 5.91 Å². The van der Waals surface area contributed by atoms with E-state index in [2.05, 4.69) is 22.3 Å². The lowest BCUT2D eigenvalue weighted by Crippen LogP contribution is -2.34. The van der Waals surface area contributed by atoms with Crippen molar-refractivity contribution in [2.75, 3.05) is 23.3 Å². The van der Waals surface area contributed by atoms with Crippen molar-refractivity contribution in [2.24, 2.45) is 5.92 Å². The molecule has 0 bridgehead atoms. The number of piperidine rings is 1. The fraction of sp³-hybridized carbons (Fsp3) is 0.280. The molecule has 5 nitrogen and oxygen atoms in total. The lowest BCUT2D eigenvalue weighted by molar-refractivity contribution is -0.146. The van der Waals surface area contributed by atoms with Crippen LogP contribution in [0.2, 0.25) is 0 Å². The Balaban J connectivity index is 1.21. The summed E-state index contributed by atoms with van der Waals surface area (Å²) < 4.78 is 5.45. The maximum atomic E-state index is 12.2. The van der Waals surface area contributed by atoms with Crippen molar-refractivity contribution in [3.8, 4) is 0 Å². The minimum Gasteiger partial charge on any atom is -0.461 e. The number of carbonyl (C=O) groups is 2. The monoisotopic (exact) mass is 400 g/mol. The van der Waals surface area contributed by atoms with Crippen LogP contribution in [0.5, 0.6) is 0 Å². The zero-order valence-electron chi connectivity index (χ0n) is 16.8. The van der Waals surface area contributed by atoms with E-state index in [9.17, 15) is 9.59 Å². The summed E-state index contributed by atoms with van der Waals surface area (Å²) in [6, 6.07) is 19.8. The van der Waals surface area contributed by atoms with Gasteiger partial charge in [-0.3, -0.25) is 9.59 Å². The highest BCUT2D eigenvalue weighted by molar-refractivity contribution is 6.25. The topological polar surface area (TPSA) is 58.6 Å². The van der Waals surface area contributed by atoms with Crippen molar-refractivity contribution < 1.29 is 14.3 Å². The Morgan fingerprint density at radius 2 is 1.80 bits per heavy atom. The van der Waals surface area contributed by atoms with E-state index >= 15 is 0 Å². The van der Waals surface area contributed by atoms with Crippen LogP contribution in [0.15, 0.2) is 60.7 Å². The first-order chi connectivity index (χ1) is 14.7. The highest BCUT2D eigenvalue weighted by Gasteiger charge is 2.26. The van der Waals surface area contributed by atoms with Gasteiger partial charge in [0.1, 0.15) is 6.61 Å². The molecule has 0 atom stereocenters. The van der Waals surface area contributed by atoms with Gasteiger partial charge >= 0.3 is 5.97 Å². The van der Waals surface area contributed by atoms with E-state index in [-0.39, 0.29) is 11.9 Å². The molecule has 0 aromatic heterocycles. The molecule has 0 saturated carbocycles. The minimum atomic E-state index is -0.118. The van der Waals surface area contributed by atoms with E-state index in [4.69, 9.17) is 4.74 Å². The van der Waals surface area contributed by atoms with Crippen LogP contribution in [-0.4, -0.2) is 25.0 Å². The smallest absolute Gasteiger partial charge is 0.306 e. The molecular weight excluding hydrogens is 376 g/mol. The van der Waals surface area contributed by atoms with Crippen LogP contribution in [0.25, 0.3) is 10.8 Å². The molecule has 5 heteroatoms. The first-order valence-corrected chi connectivity index (χ1v) is 10.5. The zero-order chi connectivity index (χ0) is 20.5. The molecule has 0 unspecified atom stereocenters. The number of amides is 1. The minimum absolute atomic E-state index is 0.0273. The molecule has 2 heterocycles. The van der Waals surface area contributed by atoms with Gasteiger partial charge in [-0.25, -0.2) is 0 Å². The van der Waals surface area contributed by atoms with Crippen LogP contribution in [0, 0.1) is 5.92 Å². The summed E-state index contributed by atoms with van der Waals surface area (Å²) in [6.45, 7) is 2.14. The van der Waals surface area contributed by atoms with Crippen LogP contribution in [0.3, 0.4) is 0 Å². The largest absolute Gasteiger partial charge is 0.461 e. The number of rotatable bonds is 5. The second-order valence-electron chi connectivity index (χ2n) is 8.10. The number of carbonyl (C=O) groups excluding carboxylic acids is 2. The summed E-state index contributed by atoms with van der Waals surface area (Å²) in [5.41, 5.74) is 3.82. The third-order valence-electron chi connectivity index (χ3n) is 6.16. The Hall–Kier alpha value is -3.34. The molecule has 0 radical (unpaired) electrons. The second kappa shape index (κ2) is 7.82. The van der Waals surface area contributed by atoms with Gasteiger partial charge in [0.15, 0.2) is 0 Å². The molecule has 1 amide bonds. The number of nitrogens with zero attached hydrogens (tertiary/aromatic N) is 1. The number of anilines is 2. The van der Waals surface area contributed by atoms with Crippen LogP contribution in [0.4, 0.5) is 11.4 Å². The summed E-state index contributed by atoms with van der Waals surface area (Å²) in [6.07, 6.45) is 2.39. The number of esters is 1. The summed E-state index contributed by atoms with van der Waals surface area (Å²) in [7, 11) is 0. The number of hydrogen-bond acceptors (Lipinski definition) is 4. The van der Waals surface area contributed by atoms with E-state index in [0.29, 0.717) is 18.9 Å². The molecule has 0 aliphatic carbocycles. The average Bonchev–Trinajstić information content (AvgIpc) is 3.11. The quantitative estimate of drug-likeness (QED) is 0.628. The van der Waals surface area contributed by atoms with Gasteiger partial charge in [-0.05, 0) is 42.5 Å². The Morgan fingerprint density at radius 1 is 1.00 bits per heavy atom. The fourth-order valence-corrected chi connectivity index (χ4v) is 4.56. The number of hydrogen-bond donors (Lipinski definition) is 1. The van der Waals surface area contributed by atoms with E-state index in [1.807, 2.05) is 48.5 Å². The zero-order valence-corrected chi connectivity index (χ0v) is 16.8. The molecule has 1 fully saturated rings. The Labute approximate surface area is 175 Å². The van der Waals surface area contributed by atoms with Gasteiger partial charge in [-0.15, -0.1) is 0 Å². The third kappa shape index (κ3) is 3.52. The first-order valence-electron chi connectivity index (χ1n) is 10.5. The van der Waals surface area contributed by atoms with Crippen LogP contribution >= 0.6 is 0 Å². The van der Waals surface area contributed by atoms with Crippen LogP contribution in [0.1, 0.15) is 35.2 Å². The number of ether oxygens (including phenoxy) is 1. The summed E-state index contributed by atoms with van der Waals surface area (Å²) in [5.74, 6) is 0.206. The summed E-state index contributed by atoms with van der Waals surface area (Å²) >= 11 is 0. The third-order valence-corrected chi connectivity index (χ3v) is 6.16. The highest BCUT2D eigenvalue weighted by Crippen LogP contribution is 2.39. The molecule has 2 aliphatic heterocycles. The maximum absolute atomic E-state index is 12.2. The molecule has 5 rings (SSSR count). The van der Waals surface area contributed by atoms with Crippen molar-refractivity contribution in [2.45, 2.75) is 25.9 Å². The molecule has 2 aliphatic rings. The second-order valence-corrected chi connectivity index (χ2v) is 8.10. The maximum Gasteiger partial charge on any atom is 0.306 e. The highest BCUT2D eigenvalue weighted by atomic mass is 16.5. The molecular formula is C25H24N2O3. The van der Waals surface area contributed by atoms with Gasteiger partial charge in [-0.2, -0.15) is 0 Å². The molecule has 152 valence electrons. The lowest BCUT2D eigenvalue weighted by Gasteiger charge is -2.34. The summed E-state index contributed by atoms with van der Waals surface area (Å²) in [5, 5.41) is 5.08. The predicted octanol–water partition coefficient (Wildman–Crippen LogP) is 4.76. The standard InChI is InChI=1S/C25H24N2O3/c28-23(30-16-18-5-2-1-3-6-18)15-17-11-13-27(14-12-17)22-10-9-20-24-19(22)7-4-8-21(24)26-25(20)29/h1-10,17H,11-16H2,(H,26,29). The van der Waals surface area contributed by atoms with Crippen LogP contribution < -0.4 is 10.2 Å². The fourth-order valence-electron chi connectivity index (χ4n) is 4.56. The molecule has 3 aromatic rings. The Bertz CT molecular complexity index is 1100. The normalized spacial score (nSPS) is 16.0. The molecule has 1 saturated heterocycles. The first kappa shape index (κ1) is 18.7. The van der Waals surface area contributed by atoms with Gasteiger partial charge in [-0.1, -0.05) is 42.5 Å². The van der Waals surface area contributed by atoms with Crippen molar-refractivity contribution in [3.63, 3.8) is 0 Å². The molecule has 30 heavy (non-hydrogen) atoms. The van der Waals surface area contributed by atoms with Gasteiger partial charge in [0.2, 0.25) is 0 Å². The Morgan fingerprint density at radius 3 is 2.60 bits per heavy atom. The summed E-state index contributed by atoms with van der Waals surface area (Å²) in [4.78, 5) is 26.8.